The van der Waals surface area contributed by atoms with Gasteiger partial charge in [-0.3, -0.25) is 10.1 Å². The highest BCUT2D eigenvalue weighted by molar-refractivity contribution is 7.99. The van der Waals surface area contributed by atoms with Crippen LogP contribution in [0, 0.1) is 5.41 Å². The highest BCUT2D eigenvalue weighted by Crippen LogP contribution is 2.51. The number of hydrogen-bond acceptors (Lipinski definition) is 4. The third-order valence-electron chi connectivity index (χ3n) is 11.3. The lowest BCUT2D eigenvalue weighted by atomic mass is 10.0. The van der Waals surface area contributed by atoms with Gasteiger partial charge in [0.05, 0.1) is 33.8 Å². The normalized spacial score (nSPS) is 12.9. The van der Waals surface area contributed by atoms with Crippen LogP contribution in [0.2, 0.25) is 0 Å². The molecule has 5 heteroatoms. The summed E-state index contributed by atoms with van der Waals surface area (Å²) in [5.74, 6) is 0. The quantitative estimate of drug-likeness (QED) is 0.113. The average Bonchev–Trinajstić information content (AvgIpc) is 3.62. The van der Waals surface area contributed by atoms with E-state index in [1.807, 2.05) is 54.2 Å². The van der Waals surface area contributed by atoms with Gasteiger partial charge in [0.1, 0.15) is 0 Å². The second-order valence-electron chi connectivity index (χ2n) is 15.1. The zero-order valence-electron chi connectivity index (χ0n) is 33.4. The zero-order valence-corrected chi connectivity index (χ0v) is 34.2. The molecule has 4 nitrogen and oxygen atoms in total. The summed E-state index contributed by atoms with van der Waals surface area (Å²) in [6, 6.07) is 64.4. The van der Waals surface area contributed by atoms with E-state index in [0.717, 1.165) is 55.6 Å². The van der Waals surface area contributed by atoms with E-state index in [1.165, 1.54) is 42.9 Å². The number of rotatable bonds is 9. The molecule has 0 unspecified atom stereocenters. The standard InChI is InChI=1S/C55H42N4S/c1-3-4-15-37(2)58-49-22-13-14-23-53(49)60-54-35-44(30-32-50(54)58)43-28-31-46-52(34-43)59(51-33-29-40-18-11-12-21-45(40)55(46)51)57-48(36-47(56)41-19-9-6-10-20-41)42-26-24-39(25-27-42)38-16-7-5-8-17-38/h3-36,56-57H,1-2H3/b4-3-,37-15+,48-36-,56-47?. The minimum Gasteiger partial charge on any atom is -0.312 e. The molecule has 8 aromatic carbocycles. The Balaban J connectivity index is 1.13. The van der Waals surface area contributed by atoms with Crippen LogP contribution in [0.5, 0.6) is 0 Å². The summed E-state index contributed by atoms with van der Waals surface area (Å²) in [6.45, 7) is 4.23. The largest absolute Gasteiger partial charge is 0.312 e. The van der Waals surface area contributed by atoms with E-state index in [1.54, 1.807) is 0 Å². The number of nitrogens with zero attached hydrogens (tertiary/aromatic N) is 2. The van der Waals surface area contributed by atoms with E-state index in [2.05, 4.69) is 193 Å². The number of anilines is 2. The van der Waals surface area contributed by atoms with Crippen molar-refractivity contribution in [1.82, 2.24) is 4.68 Å². The maximum Gasteiger partial charge on any atom is 0.0716 e. The van der Waals surface area contributed by atoms with Gasteiger partial charge in [-0.2, -0.15) is 0 Å². The molecular formula is C55H42N4S. The van der Waals surface area contributed by atoms with Crippen LogP contribution in [0.15, 0.2) is 222 Å². The maximum atomic E-state index is 9.25. The van der Waals surface area contributed by atoms with Crippen molar-refractivity contribution in [2.24, 2.45) is 0 Å². The van der Waals surface area contributed by atoms with Crippen LogP contribution in [-0.4, -0.2) is 10.4 Å². The first kappa shape index (κ1) is 37.0. The van der Waals surface area contributed by atoms with Crippen molar-refractivity contribution < 1.29 is 0 Å². The summed E-state index contributed by atoms with van der Waals surface area (Å²) < 4.78 is 2.22. The summed E-state index contributed by atoms with van der Waals surface area (Å²) in [5.41, 5.74) is 17.2. The molecule has 1 aromatic heterocycles. The Morgan fingerprint density at radius 3 is 2.05 bits per heavy atom. The zero-order chi connectivity index (χ0) is 40.6. The third-order valence-corrected chi connectivity index (χ3v) is 12.4. The van der Waals surface area contributed by atoms with Gasteiger partial charge in [-0.1, -0.05) is 170 Å². The van der Waals surface area contributed by atoms with Gasteiger partial charge in [-0.25, -0.2) is 0 Å². The van der Waals surface area contributed by atoms with Gasteiger partial charge in [0, 0.05) is 26.3 Å². The molecule has 288 valence electrons. The second-order valence-corrected chi connectivity index (χ2v) is 16.1. The highest BCUT2D eigenvalue weighted by atomic mass is 32.2. The summed E-state index contributed by atoms with van der Waals surface area (Å²) in [4.78, 5) is 4.82. The Morgan fingerprint density at radius 1 is 0.567 bits per heavy atom. The lowest BCUT2D eigenvalue weighted by Gasteiger charge is -2.33. The topological polar surface area (TPSA) is 44.0 Å². The molecule has 1 aliphatic rings. The summed E-state index contributed by atoms with van der Waals surface area (Å²) >= 11 is 1.83. The molecule has 0 fully saturated rings. The van der Waals surface area contributed by atoms with Gasteiger partial charge in [0.2, 0.25) is 0 Å². The van der Waals surface area contributed by atoms with Crippen LogP contribution in [0.3, 0.4) is 0 Å². The molecule has 2 heterocycles. The van der Waals surface area contributed by atoms with Crippen molar-refractivity contribution >= 4 is 67.1 Å². The molecule has 0 spiro atoms. The molecule has 0 amide bonds. The lowest BCUT2D eigenvalue weighted by molar-refractivity contribution is 1.06. The molecule has 1 aliphatic heterocycles. The minimum absolute atomic E-state index is 0.426. The van der Waals surface area contributed by atoms with E-state index < -0.39 is 0 Å². The van der Waals surface area contributed by atoms with Crippen LogP contribution in [-0.2, 0) is 0 Å². The number of hydrogen-bond donors (Lipinski definition) is 2. The molecule has 2 N–H and O–H groups in total. The molecule has 0 radical (unpaired) electrons. The molecule has 0 bridgehead atoms. The Morgan fingerprint density at radius 2 is 1.23 bits per heavy atom. The first-order valence-electron chi connectivity index (χ1n) is 20.3. The van der Waals surface area contributed by atoms with E-state index in [0.29, 0.717) is 5.71 Å². The summed E-state index contributed by atoms with van der Waals surface area (Å²) in [5, 5.41) is 14.0. The number of allylic oxidation sites excluding steroid dienone is 5. The fourth-order valence-electron chi connectivity index (χ4n) is 8.33. The van der Waals surface area contributed by atoms with Crippen molar-refractivity contribution in [3.63, 3.8) is 0 Å². The second kappa shape index (κ2) is 15.8. The van der Waals surface area contributed by atoms with Crippen LogP contribution < -0.4 is 10.3 Å². The summed E-state index contributed by atoms with van der Waals surface area (Å²) in [6.07, 6.45) is 8.30. The van der Waals surface area contributed by atoms with Crippen LogP contribution in [0.4, 0.5) is 11.4 Å². The predicted molar refractivity (Wildman–Crippen MR) is 256 cm³/mol. The maximum absolute atomic E-state index is 9.25. The van der Waals surface area contributed by atoms with Crippen LogP contribution in [0.25, 0.3) is 60.5 Å². The van der Waals surface area contributed by atoms with Gasteiger partial charge in [-0.15, -0.1) is 0 Å². The fraction of sp³-hybridized carbons (Fsp3) is 0.0364. The highest BCUT2D eigenvalue weighted by Gasteiger charge is 2.25. The Bertz CT molecular complexity index is 3170. The predicted octanol–water partition coefficient (Wildman–Crippen LogP) is 15.0. The number of benzene rings is 8. The molecule has 0 atom stereocenters. The molecule has 0 saturated carbocycles. The minimum atomic E-state index is 0.426. The molecule has 0 saturated heterocycles. The Kier molecular flexibility index (Phi) is 9.72. The van der Waals surface area contributed by atoms with Gasteiger partial charge in [0.25, 0.3) is 0 Å². The van der Waals surface area contributed by atoms with Crippen LogP contribution in [0.1, 0.15) is 25.0 Å². The fourth-order valence-corrected chi connectivity index (χ4v) is 9.43. The molecule has 60 heavy (non-hydrogen) atoms. The molecule has 9 aromatic rings. The molecular weight excluding hydrogens is 749 g/mol. The lowest BCUT2D eigenvalue weighted by Crippen LogP contribution is -2.18. The number of nitrogens with one attached hydrogen (secondary N) is 2. The smallest absolute Gasteiger partial charge is 0.0716 e. The Hall–Kier alpha value is -7.34. The van der Waals surface area contributed by atoms with Crippen molar-refractivity contribution in [2.45, 2.75) is 23.6 Å². The number of aromatic nitrogens is 1. The Labute approximate surface area is 354 Å². The van der Waals surface area contributed by atoms with E-state index >= 15 is 0 Å². The molecule has 0 aliphatic carbocycles. The third kappa shape index (κ3) is 6.79. The number of fused-ring (bicyclic) bond motifs is 7. The SMILES string of the molecule is C/C=C\C=C(/C)N1c2ccccc2Sc2cc(-c3ccc4c5c6ccccc6ccc5n(N/C(=C\C(=N)c5ccccc5)c5ccc(-c6ccccc6)cc5)c4c3)ccc21. The van der Waals surface area contributed by atoms with Gasteiger partial charge in [-0.05, 0) is 107 Å². The van der Waals surface area contributed by atoms with Crippen molar-refractivity contribution in [1.29, 1.82) is 5.41 Å². The van der Waals surface area contributed by atoms with Crippen LogP contribution >= 0.6 is 11.8 Å². The monoisotopic (exact) mass is 790 g/mol. The first-order chi connectivity index (χ1) is 29.5. The molecule has 10 rings (SSSR count). The van der Waals surface area contributed by atoms with Crippen molar-refractivity contribution in [2.75, 3.05) is 10.3 Å². The number of para-hydroxylation sites is 1. The van der Waals surface area contributed by atoms with E-state index in [-0.39, 0.29) is 0 Å². The van der Waals surface area contributed by atoms with Gasteiger partial charge < -0.3 is 10.3 Å². The van der Waals surface area contributed by atoms with Gasteiger partial charge in [0.15, 0.2) is 0 Å². The summed E-state index contributed by atoms with van der Waals surface area (Å²) in [7, 11) is 0. The van der Waals surface area contributed by atoms with E-state index in [9.17, 15) is 5.41 Å². The van der Waals surface area contributed by atoms with Crippen molar-refractivity contribution in [3.05, 3.63) is 223 Å². The van der Waals surface area contributed by atoms with Crippen molar-refractivity contribution in [3.8, 4) is 22.3 Å². The average molecular weight is 791 g/mol. The van der Waals surface area contributed by atoms with E-state index in [4.69, 9.17) is 0 Å². The first-order valence-corrected chi connectivity index (χ1v) is 21.1. The van der Waals surface area contributed by atoms with Gasteiger partial charge >= 0.3 is 0 Å².